The third kappa shape index (κ3) is 2.96. The largest absolute Gasteiger partial charge is 0.319 e. The van der Waals surface area contributed by atoms with Crippen LogP contribution >= 0.6 is 34.8 Å². The molecule has 1 N–H and O–H groups in total. The minimum Gasteiger partial charge on any atom is -0.319 e. The Morgan fingerprint density at radius 3 is 2.17 bits per heavy atom. The van der Waals surface area contributed by atoms with Gasteiger partial charge in [0.2, 0.25) is 0 Å². The lowest BCUT2D eigenvalue weighted by molar-refractivity contribution is 0.102. The van der Waals surface area contributed by atoms with Crippen molar-refractivity contribution in [2.24, 2.45) is 0 Å². The monoisotopic (exact) mass is 299 g/mol. The zero-order valence-electron chi connectivity index (χ0n) is 9.08. The summed E-state index contributed by atoms with van der Waals surface area (Å²) in [5.41, 5.74) is 0.837. The van der Waals surface area contributed by atoms with Crippen LogP contribution in [0.2, 0.25) is 15.1 Å². The molecule has 0 saturated heterocycles. The first-order valence-electron chi connectivity index (χ1n) is 5.09. The van der Waals surface area contributed by atoms with Crippen molar-refractivity contribution >= 4 is 46.4 Å². The summed E-state index contributed by atoms with van der Waals surface area (Å²) in [6, 6.07) is 11.6. The van der Waals surface area contributed by atoms with Crippen molar-refractivity contribution in [2.45, 2.75) is 0 Å². The fourth-order valence-corrected chi connectivity index (χ4v) is 2.11. The van der Waals surface area contributed by atoms with Gasteiger partial charge in [-0.05, 0) is 30.3 Å². The first kappa shape index (κ1) is 13.2. The molecular weight excluding hydrogens is 293 g/mol. The first-order valence-corrected chi connectivity index (χ1v) is 6.22. The quantitative estimate of drug-likeness (QED) is 0.840. The average molecular weight is 301 g/mol. The van der Waals surface area contributed by atoms with Crippen molar-refractivity contribution < 1.29 is 4.79 Å². The normalized spacial score (nSPS) is 10.2. The predicted octanol–water partition coefficient (Wildman–Crippen LogP) is 4.90. The average Bonchev–Trinajstić information content (AvgIpc) is 2.34. The Bertz CT molecular complexity index is 578. The second-order valence-corrected chi connectivity index (χ2v) is 4.81. The van der Waals surface area contributed by atoms with Gasteiger partial charge in [-0.25, -0.2) is 0 Å². The molecule has 18 heavy (non-hydrogen) atoms. The number of amides is 1. The van der Waals surface area contributed by atoms with E-state index in [1.807, 2.05) is 0 Å². The van der Waals surface area contributed by atoms with Crippen LogP contribution in [-0.2, 0) is 0 Å². The molecule has 0 aliphatic heterocycles. The van der Waals surface area contributed by atoms with Gasteiger partial charge in [0.05, 0.1) is 15.7 Å². The first-order chi connectivity index (χ1) is 8.58. The Morgan fingerprint density at radius 1 is 0.944 bits per heavy atom. The molecule has 2 rings (SSSR count). The minimum atomic E-state index is -0.312. The van der Waals surface area contributed by atoms with E-state index in [4.69, 9.17) is 34.8 Å². The second kappa shape index (κ2) is 5.61. The van der Waals surface area contributed by atoms with Crippen LogP contribution in [0.4, 0.5) is 5.69 Å². The molecule has 0 radical (unpaired) electrons. The van der Waals surface area contributed by atoms with Crippen molar-refractivity contribution in [1.82, 2.24) is 0 Å². The van der Waals surface area contributed by atoms with Crippen molar-refractivity contribution in [2.75, 3.05) is 5.32 Å². The Kier molecular flexibility index (Phi) is 4.12. The molecule has 1 amide bonds. The van der Waals surface area contributed by atoms with Crippen molar-refractivity contribution in [3.63, 3.8) is 0 Å². The van der Waals surface area contributed by atoms with Gasteiger partial charge in [0.15, 0.2) is 0 Å². The van der Waals surface area contributed by atoms with Crippen LogP contribution in [0.25, 0.3) is 0 Å². The molecule has 0 saturated carbocycles. The fraction of sp³-hybridized carbons (Fsp3) is 0. The molecule has 2 aromatic rings. The zero-order chi connectivity index (χ0) is 13.1. The number of hydrogen-bond donors (Lipinski definition) is 1. The lowest BCUT2D eigenvalue weighted by Crippen LogP contribution is -2.12. The number of benzene rings is 2. The second-order valence-electron chi connectivity index (χ2n) is 3.56. The zero-order valence-corrected chi connectivity index (χ0v) is 11.4. The molecule has 2 aromatic carbocycles. The van der Waals surface area contributed by atoms with Gasteiger partial charge >= 0.3 is 0 Å². The summed E-state index contributed by atoms with van der Waals surface area (Å²) in [5.74, 6) is -0.312. The summed E-state index contributed by atoms with van der Waals surface area (Å²) in [5, 5.41) is 3.93. The van der Waals surface area contributed by atoms with E-state index in [1.54, 1.807) is 42.5 Å². The molecule has 0 atom stereocenters. The van der Waals surface area contributed by atoms with Crippen LogP contribution in [0.1, 0.15) is 10.4 Å². The highest BCUT2D eigenvalue weighted by molar-refractivity contribution is 6.40. The summed E-state index contributed by atoms with van der Waals surface area (Å²) in [6.07, 6.45) is 0. The number of carbonyl (C=O) groups excluding carboxylic acids is 1. The highest BCUT2D eigenvalue weighted by Gasteiger charge is 2.11. The molecule has 0 bridgehead atoms. The van der Waals surface area contributed by atoms with Crippen molar-refractivity contribution in [3.05, 3.63) is 63.1 Å². The minimum absolute atomic E-state index is 0.312. The van der Waals surface area contributed by atoms with Crippen LogP contribution < -0.4 is 5.32 Å². The smallest absolute Gasteiger partial charge is 0.255 e. The summed E-state index contributed by atoms with van der Waals surface area (Å²) in [6.45, 7) is 0. The van der Waals surface area contributed by atoms with Gasteiger partial charge in [-0.3, -0.25) is 4.79 Å². The third-order valence-electron chi connectivity index (χ3n) is 2.29. The van der Waals surface area contributed by atoms with Gasteiger partial charge in [-0.2, -0.15) is 0 Å². The topological polar surface area (TPSA) is 29.1 Å². The highest BCUT2D eigenvalue weighted by atomic mass is 35.5. The molecule has 0 aromatic heterocycles. The summed E-state index contributed by atoms with van der Waals surface area (Å²) in [4.78, 5) is 12.0. The van der Waals surface area contributed by atoms with Gasteiger partial charge in [-0.15, -0.1) is 0 Å². The molecule has 2 nitrogen and oxygen atoms in total. The van der Waals surface area contributed by atoms with Gasteiger partial charge in [0.1, 0.15) is 0 Å². The SMILES string of the molecule is O=C(Nc1c(Cl)cccc1Cl)c1cccc(Cl)c1. The van der Waals surface area contributed by atoms with Crippen LogP contribution in [-0.4, -0.2) is 5.91 Å². The van der Waals surface area contributed by atoms with E-state index in [0.29, 0.717) is 26.3 Å². The molecule has 0 heterocycles. The molecule has 92 valence electrons. The molecular formula is C13H8Cl3NO. The molecule has 0 unspecified atom stereocenters. The summed E-state index contributed by atoms with van der Waals surface area (Å²) in [7, 11) is 0. The van der Waals surface area contributed by atoms with E-state index in [9.17, 15) is 4.79 Å². The van der Waals surface area contributed by atoms with Gasteiger partial charge < -0.3 is 5.32 Å². The van der Waals surface area contributed by atoms with E-state index in [-0.39, 0.29) is 5.91 Å². The van der Waals surface area contributed by atoms with Crippen LogP contribution in [0.3, 0.4) is 0 Å². The van der Waals surface area contributed by atoms with Gasteiger partial charge in [0.25, 0.3) is 5.91 Å². The molecule has 0 spiro atoms. The maximum absolute atomic E-state index is 12.0. The molecule has 0 aliphatic carbocycles. The number of nitrogens with one attached hydrogen (secondary N) is 1. The lowest BCUT2D eigenvalue weighted by Gasteiger charge is -2.09. The van der Waals surface area contributed by atoms with E-state index < -0.39 is 0 Å². The number of rotatable bonds is 2. The number of anilines is 1. The lowest BCUT2D eigenvalue weighted by atomic mass is 10.2. The Hall–Kier alpha value is -1.22. The van der Waals surface area contributed by atoms with Gasteiger partial charge in [0, 0.05) is 10.6 Å². The maximum atomic E-state index is 12.0. The van der Waals surface area contributed by atoms with E-state index in [2.05, 4.69) is 5.32 Å². The van der Waals surface area contributed by atoms with Gasteiger partial charge in [-0.1, -0.05) is 46.9 Å². The Balaban J connectivity index is 2.27. The third-order valence-corrected chi connectivity index (χ3v) is 3.15. The maximum Gasteiger partial charge on any atom is 0.255 e. The fourth-order valence-electron chi connectivity index (χ4n) is 1.43. The van der Waals surface area contributed by atoms with E-state index >= 15 is 0 Å². The Labute approximate surface area is 119 Å². The standard InChI is InChI=1S/C13H8Cl3NO/c14-9-4-1-3-8(7-9)13(18)17-12-10(15)5-2-6-11(12)16/h1-7H,(H,17,18). The molecule has 5 heteroatoms. The number of carbonyl (C=O) groups is 1. The predicted molar refractivity (Wildman–Crippen MR) is 75.9 cm³/mol. The van der Waals surface area contributed by atoms with E-state index in [0.717, 1.165) is 0 Å². The number of hydrogen-bond acceptors (Lipinski definition) is 1. The summed E-state index contributed by atoms with van der Waals surface area (Å²) >= 11 is 17.8. The van der Waals surface area contributed by atoms with Crippen LogP contribution in [0.5, 0.6) is 0 Å². The van der Waals surface area contributed by atoms with Crippen LogP contribution in [0.15, 0.2) is 42.5 Å². The number of halogens is 3. The van der Waals surface area contributed by atoms with Crippen molar-refractivity contribution in [3.8, 4) is 0 Å². The summed E-state index contributed by atoms with van der Waals surface area (Å²) < 4.78 is 0. The highest BCUT2D eigenvalue weighted by Crippen LogP contribution is 2.30. The number of para-hydroxylation sites is 1. The van der Waals surface area contributed by atoms with Crippen LogP contribution in [0, 0.1) is 0 Å². The Morgan fingerprint density at radius 2 is 1.56 bits per heavy atom. The molecule has 0 fully saturated rings. The molecule has 0 aliphatic rings. The van der Waals surface area contributed by atoms with Crippen molar-refractivity contribution in [1.29, 1.82) is 0 Å². The van der Waals surface area contributed by atoms with E-state index in [1.165, 1.54) is 0 Å².